The second kappa shape index (κ2) is 4.56. The van der Waals surface area contributed by atoms with Crippen LogP contribution < -0.4 is 10.2 Å². The van der Waals surface area contributed by atoms with E-state index in [4.69, 9.17) is 16.9 Å². The maximum Gasteiger partial charge on any atom is 0.251 e. The molecule has 1 heterocycles. The van der Waals surface area contributed by atoms with Crippen LogP contribution in [0, 0.1) is 11.3 Å². The number of imide groups is 1. The van der Waals surface area contributed by atoms with Gasteiger partial charge >= 0.3 is 0 Å². The quantitative estimate of drug-likeness (QED) is 0.789. The van der Waals surface area contributed by atoms with Gasteiger partial charge in [-0.1, -0.05) is 11.6 Å². The van der Waals surface area contributed by atoms with E-state index in [-0.39, 0.29) is 18.4 Å². The highest BCUT2D eigenvalue weighted by Gasteiger charge is 2.41. The Kier molecular flexibility index (Phi) is 3.21. The maximum absolute atomic E-state index is 11.9. The van der Waals surface area contributed by atoms with Crippen LogP contribution >= 0.6 is 11.6 Å². The topological polar surface area (TPSA) is 73.2 Å². The summed E-state index contributed by atoms with van der Waals surface area (Å²) >= 11 is 5.85. The normalized spacial score (nSPS) is 17.9. The van der Waals surface area contributed by atoms with Crippen LogP contribution in [0.2, 0.25) is 5.02 Å². The van der Waals surface area contributed by atoms with E-state index in [0.717, 1.165) is 0 Å². The van der Waals surface area contributed by atoms with E-state index in [1.165, 1.54) is 6.07 Å². The molecule has 1 aromatic carbocycles. The van der Waals surface area contributed by atoms with Crippen LogP contribution in [-0.4, -0.2) is 23.9 Å². The molecular weight excluding hydrogens is 266 g/mol. The van der Waals surface area contributed by atoms with E-state index in [1.54, 1.807) is 30.9 Å². The molecule has 1 aliphatic heterocycles. The van der Waals surface area contributed by atoms with Gasteiger partial charge in [0.15, 0.2) is 0 Å². The Morgan fingerprint density at radius 3 is 2.74 bits per heavy atom. The molecule has 5 nitrogen and oxygen atoms in total. The zero-order valence-electron chi connectivity index (χ0n) is 10.5. The first-order chi connectivity index (χ1) is 8.86. The van der Waals surface area contributed by atoms with Crippen molar-refractivity contribution in [3.05, 3.63) is 28.8 Å². The summed E-state index contributed by atoms with van der Waals surface area (Å²) < 4.78 is 0. The average molecular weight is 278 g/mol. The molecule has 0 aliphatic carbocycles. The Morgan fingerprint density at radius 2 is 2.11 bits per heavy atom. The molecule has 0 unspecified atom stereocenters. The lowest BCUT2D eigenvalue weighted by Gasteiger charge is -2.42. The number of nitrogens with zero attached hydrogens (tertiary/aromatic N) is 2. The Labute approximate surface area is 115 Å². The van der Waals surface area contributed by atoms with E-state index in [1.807, 2.05) is 6.07 Å². The van der Waals surface area contributed by atoms with Gasteiger partial charge in [0.05, 0.1) is 17.8 Å². The van der Waals surface area contributed by atoms with Gasteiger partial charge in [-0.3, -0.25) is 14.9 Å². The molecule has 2 amide bonds. The van der Waals surface area contributed by atoms with Gasteiger partial charge in [0.1, 0.15) is 11.6 Å². The fraction of sp³-hybridized carbons (Fsp3) is 0.308. The standard InChI is InChI=1S/C13H12ClN3O2/c1-13(2)12(19)16-11(18)7-17(13)10-4-3-9(14)5-8(10)6-15/h3-5H,7H2,1-2H3,(H,16,18,19). The summed E-state index contributed by atoms with van der Waals surface area (Å²) in [6, 6.07) is 6.83. The first-order valence-electron chi connectivity index (χ1n) is 5.68. The average Bonchev–Trinajstić information content (AvgIpc) is 2.34. The molecule has 1 aliphatic rings. The highest BCUT2D eigenvalue weighted by molar-refractivity contribution is 6.30. The molecule has 98 valence electrons. The smallest absolute Gasteiger partial charge is 0.251 e. The summed E-state index contributed by atoms with van der Waals surface area (Å²) in [6.45, 7) is 3.42. The second-order valence-corrected chi connectivity index (χ2v) is 5.23. The zero-order chi connectivity index (χ0) is 14.2. The third-order valence-corrected chi connectivity index (χ3v) is 3.39. The summed E-state index contributed by atoms with van der Waals surface area (Å²) in [6.07, 6.45) is 0. The lowest BCUT2D eigenvalue weighted by molar-refractivity contribution is -0.135. The van der Waals surface area contributed by atoms with Crippen molar-refractivity contribution in [1.29, 1.82) is 5.26 Å². The number of nitriles is 1. The van der Waals surface area contributed by atoms with Crippen LogP contribution in [0.25, 0.3) is 0 Å². The van der Waals surface area contributed by atoms with Gasteiger partial charge in [-0.05, 0) is 32.0 Å². The predicted octanol–water partition coefficient (Wildman–Crippen LogP) is 1.45. The minimum Gasteiger partial charge on any atom is -0.347 e. The minimum atomic E-state index is -0.909. The van der Waals surface area contributed by atoms with Crippen LogP contribution in [0.3, 0.4) is 0 Å². The minimum absolute atomic E-state index is 0.0229. The molecule has 0 radical (unpaired) electrons. The molecule has 0 aromatic heterocycles. The van der Waals surface area contributed by atoms with Crippen LogP contribution in [-0.2, 0) is 9.59 Å². The van der Waals surface area contributed by atoms with Gasteiger partial charge in [0.2, 0.25) is 5.91 Å². The van der Waals surface area contributed by atoms with Crippen molar-refractivity contribution in [2.75, 3.05) is 11.4 Å². The van der Waals surface area contributed by atoms with E-state index in [0.29, 0.717) is 16.3 Å². The van der Waals surface area contributed by atoms with Gasteiger partial charge < -0.3 is 4.90 Å². The lowest BCUT2D eigenvalue weighted by Crippen LogP contribution is -2.64. The van der Waals surface area contributed by atoms with Gasteiger partial charge in [-0.15, -0.1) is 0 Å². The Bertz CT molecular complexity index is 604. The van der Waals surface area contributed by atoms with Gasteiger partial charge in [-0.2, -0.15) is 5.26 Å². The number of piperazine rings is 1. The molecule has 1 N–H and O–H groups in total. The summed E-state index contributed by atoms with van der Waals surface area (Å²) in [7, 11) is 0. The third-order valence-electron chi connectivity index (χ3n) is 3.15. The fourth-order valence-electron chi connectivity index (χ4n) is 2.00. The van der Waals surface area contributed by atoms with Crippen LogP contribution in [0.5, 0.6) is 0 Å². The Morgan fingerprint density at radius 1 is 1.42 bits per heavy atom. The first-order valence-corrected chi connectivity index (χ1v) is 6.05. The number of carbonyl (C=O) groups excluding carboxylic acids is 2. The molecule has 0 saturated carbocycles. The maximum atomic E-state index is 11.9. The Hall–Kier alpha value is -2.06. The van der Waals surface area contributed by atoms with Gasteiger partial charge in [-0.25, -0.2) is 0 Å². The number of carbonyl (C=O) groups is 2. The highest BCUT2D eigenvalue weighted by atomic mass is 35.5. The molecule has 0 bridgehead atoms. The van der Waals surface area contributed by atoms with Gasteiger partial charge in [0.25, 0.3) is 5.91 Å². The molecule has 0 atom stereocenters. The number of amides is 2. The first kappa shape index (κ1) is 13.4. The van der Waals surface area contributed by atoms with Crippen molar-refractivity contribution in [1.82, 2.24) is 5.32 Å². The van der Waals surface area contributed by atoms with Crippen molar-refractivity contribution in [3.63, 3.8) is 0 Å². The number of benzene rings is 1. The van der Waals surface area contributed by atoms with E-state index < -0.39 is 5.54 Å². The predicted molar refractivity (Wildman–Crippen MR) is 70.7 cm³/mol. The molecule has 6 heteroatoms. The van der Waals surface area contributed by atoms with Gasteiger partial charge in [0, 0.05) is 5.02 Å². The number of rotatable bonds is 1. The number of anilines is 1. The third kappa shape index (κ3) is 2.27. The number of halogens is 1. The van der Waals surface area contributed by atoms with Crippen molar-refractivity contribution < 1.29 is 9.59 Å². The zero-order valence-corrected chi connectivity index (χ0v) is 11.3. The van der Waals surface area contributed by atoms with E-state index in [9.17, 15) is 9.59 Å². The second-order valence-electron chi connectivity index (χ2n) is 4.80. The SMILES string of the molecule is CC1(C)C(=O)NC(=O)CN1c1ccc(Cl)cc1C#N. The van der Waals surface area contributed by atoms with Crippen molar-refractivity contribution in [2.45, 2.75) is 19.4 Å². The monoisotopic (exact) mass is 277 g/mol. The largest absolute Gasteiger partial charge is 0.347 e. The number of hydrogen-bond acceptors (Lipinski definition) is 4. The van der Waals surface area contributed by atoms with Crippen molar-refractivity contribution in [2.24, 2.45) is 0 Å². The fourth-order valence-corrected chi connectivity index (χ4v) is 2.17. The number of hydrogen-bond donors (Lipinski definition) is 1. The van der Waals surface area contributed by atoms with Crippen LogP contribution in [0.15, 0.2) is 18.2 Å². The van der Waals surface area contributed by atoms with Crippen LogP contribution in [0.4, 0.5) is 5.69 Å². The highest BCUT2D eigenvalue weighted by Crippen LogP contribution is 2.30. The lowest BCUT2D eigenvalue weighted by atomic mass is 9.96. The molecule has 19 heavy (non-hydrogen) atoms. The Balaban J connectivity index is 2.53. The summed E-state index contributed by atoms with van der Waals surface area (Å²) in [4.78, 5) is 25.0. The summed E-state index contributed by atoms with van der Waals surface area (Å²) in [5.41, 5.74) is -0.0453. The molecule has 1 fully saturated rings. The van der Waals surface area contributed by atoms with Crippen LogP contribution in [0.1, 0.15) is 19.4 Å². The molecule has 1 aromatic rings. The van der Waals surface area contributed by atoms with E-state index in [2.05, 4.69) is 5.32 Å². The molecular formula is C13H12ClN3O2. The summed E-state index contributed by atoms with van der Waals surface area (Å²) in [5, 5.41) is 11.9. The number of nitrogens with one attached hydrogen (secondary N) is 1. The molecule has 1 saturated heterocycles. The van der Waals surface area contributed by atoms with Crippen molar-refractivity contribution >= 4 is 29.1 Å². The molecule has 0 spiro atoms. The summed E-state index contributed by atoms with van der Waals surface area (Å²) in [5.74, 6) is -0.772. The molecule has 2 rings (SSSR count). The van der Waals surface area contributed by atoms with E-state index >= 15 is 0 Å². The van der Waals surface area contributed by atoms with Crippen molar-refractivity contribution in [3.8, 4) is 6.07 Å².